The molecule has 26 heavy (non-hydrogen) atoms. The van der Waals surface area contributed by atoms with Crippen LogP contribution in [0.5, 0.6) is 0 Å². The molecule has 0 spiro atoms. The minimum absolute atomic E-state index is 0.0671. The number of carbonyl (C=O) groups is 2. The Morgan fingerprint density at radius 3 is 2.88 bits per heavy atom. The molecule has 2 aliphatic rings. The summed E-state index contributed by atoms with van der Waals surface area (Å²) in [6.07, 6.45) is 6.63. The van der Waals surface area contributed by atoms with E-state index in [2.05, 4.69) is 10.3 Å². The van der Waals surface area contributed by atoms with E-state index in [1.165, 1.54) is 0 Å². The molecule has 1 aromatic rings. The molecule has 2 atom stereocenters. The molecule has 0 aromatic carbocycles. The average Bonchev–Trinajstić information content (AvgIpc) is 2.96. The molecule has 2 saturated heterocycles. The van der Waals surface area contributed by atoms with E-state index in [9.17, 15) is 9.59 Å². The van der Waals surface area contributed by atoms with Gasteiger partial charge in [0.1, 0.15) is 0 Å². The Hall–Kier alpha value is -1.95. The lowest BCUT2D eigenvalue weighted by Crippen LogP contribution is -2.49. The highest BCUT2D eigenvalue weighted by molar-refractivity contribution is 5.81. The molecule has 2 unspecified atom stereocenters. The maximum atomic E-state index is 13.4. The van der Waals surface area contributed by atoms with Crippen LogP contribution in [-0.4, -0.2) is 58.8 Å². The number of amides is 2. The van der Waals surface area contributed by atoms with Gasteiger partial charge in [-0.1, -0.05) is 6.07 Å². The van der Waals surface area contributed by atoms with Crippen LogP contribution in [0.3, 0.4) is 0 Å². The number of likely N-dealkylation sites (tertiary alicyclic amines) is 1. The van der Waals surface area contributed by atoms with Crippen molar-refractivity contribution in [1.29, 1.82) is 0 Å². The third kappa shape index (κ3) is 4.81. The van der Waals surface area contributed by atoms with Gasteiger partial charge < -0.3 is 15.1 Å². The number of hydrogen-bond donors (Lipinski definition) is 1. The summed E-state index contributed by atoms with van der Waals surface area (Å²) in [5.41, 5.74) is 0.928. The molecule has 3 rings (SSSR count). The quantitative estimate of drug-likeness (QED) is 0.891. The van der Waals surface area contributed by atoms with Gasteiger partial charge in [0.2, 0.25) is 11.8 Å². The van der Waals surface area contributed by atoms with E-state index in [-0.39, 0.29) is 23.8 Å². The lowest BCUT2D eigenvalue weighted by Gasteiger charge is -2.37. The molecular weight excluding hydrogens is 328 g/mol. The van der Waals surface area contributed by atoms with Crippen LogP contribution in [0, 0.1) is 5.92 Å². The lowest BCUT2D eigenvalue weighted by atomic mass is 9.94. The molecule has 3 heterocycles. The van der Waals surface area contributed by atoms with Gasteiger partial charge in [0, 0.05) is 32.3 Å². The molecule has 2 amide bonds. The Kier molecular flexibility index (Phi) is 6.61. The largest absolute Gasteiger partial charge is 0.342 e. The Balaban J connectivity index is 1.76. The summed E-state index contributed by atoms with van der Waals surface area (Å²) in [4.78, 5) is 33.5. The van der Waals surface area contributed by atoms with Gasteiger partial charge in [-0.2, -0.15) is 0 Å². The van der Waals surface area contributed by atoms with Crippen LogP contribution in [0.1, 0.15) is 44.7 Å². The monoisotopic (exact) mass is 358 g/mol. The van der Waals surface area contributed by atoms with Crippen molar-refractivity contribution < 1.29 is 9.59 Å². The molecule has 0 radical (unpaired) electrons. The topological polar surface area (TPSA) is 65.5 Å². The number of hydrogen-bond acceptors (Lipinski definition) is 4. The summed E-state index contributed by atoms with van der Waals surface area (Å²) in [5.74, 6) is 0.165. The molecule has 0 bridgehead atoms. The third-order valence-corrected chi connectivity index (χ3v) is 5.54. The van der Waals surface area contributed by atoms with E-state index < -0.39 is 0 Å². The van der Waals surface area contributed by atoms with Crippen molar-refractivity contribution in [2.24, 2.45) is 5.92 Å². The minimum atomic E-state index is -0.0902. The Morgan fingerprint density at radius 2 is 2.12 bits per heavy atom. The first-order valence-electron chi connectivity index (χ1n) is 9.82. The van der Waals surface area contributed by atoms with Gasteiger partial charge >= 0.3 is 0 Å². The normalized spacial score (nSPS) is 24.0. The maximum absolute atomic E-state index is 13.4. The summed E-state index contributed by atoms with van der Waals surface area (Å²) >= 11 is 0. The molecule has 6 heteroatoms. The highest BCUT2D eigenvalue weighted by atomic mass is 16.2. The van der Waals surface area contributed by atoms with E-state index in [0.29, 0.717) is 13.1 Å². The summed E-state index contributed by atoms with van der Waals surface area (Å²) in [6.45, 7) is 5.44. The molecule has 2 aliphatic heterocycles. The van der Waals surface area contributed by atoms with Gasteiger partial charge in [0.15, 0.2) is 0 Å². The molecule has 1 aromatic heterocycles. The second kappa shape index (κ2) is 9.12. The summed E-state index contributed by atoms with van der Waals surface area (Å²) in [7, 11) is 0. The fourth-order valence-corrected chi connectivity index (χ4v) is 4.06. The van der Waals surface area contributed by atoms with Crippen LogP contribution in [0.4, 0.5) is 0 Å². The molecule has 6 nitrogen and oxygen atoms in total. The Bertz CT molecular complexity index is 599. The van der Waals surface area contributed by atoms with Gasteiger partial charge in [-0.3, -0.25) is 14.6 Å². The van der Waals surface area contributed by atoms with Gasteiger partial charge in [-0.25, -0.2) is 0 Å². The standard InChI is InChI=1S/C20H30N4O2/c1-16(25)23-13-5-6-17(14-23)20(26)24(15-18-7-2-3-11-22-18)19-8-4-10-21-12-9-19/h2-3,7,11,17,19,21H,4-6,8-10,12-15H2,1H3. The highest BCUT2D eigenvalue weighted by Crippen LogP contribution is 2.24. The fourth-order valence-electron chi connectivity index (χ4n) is 4.06. The lowest BCUT2D eigenvalue weighted by molar-refractivity contribution is -0.143. The zero-order valence-electron chi connectivity index (χ0n) is 15.7. The molecule has 0 aliphatic carbocycles. The molecular formula is C20H30N4O2. The minimum Gasteiger partial charge on any atom is -0.342 e. The van der Waals surface area contributed by atoms with Crippen LogP contribution in [-0.2, 0) is 16.1 Å². The van der Waals surface area contributed by atoms with Crippen molar-refractivity contribution in [2.75, 3.05) is 26.2 Å². The van der Waals surface area contributed by atoms with E-state index >= 15 is 0 Å². The first kappa shape index (κ1) is 18.8. The van der Waals surface area contributed by atoms with Gasteiger partial charge in [-0.05, 0) is 57.3 Å². The zero-order valence-corrected chi connectivity index (χ0v) is 15.7. The second-order valence-corrected chi connectivity index (χ2v) is 7.43. The summed E-state index contributed by atoms with van der Waals surface area (Å²) in [6, 6.07) is 6.10. The summed E-state index contributed by atoms with van der Waals surface area (Å²) in [5, 5.41) is 3.43. The number of rotatable bonds is 4. The van der Waals surface area contributed by atoms with Crippen molar-refractivity contribution in [3.05, 3.63) is 30.1 Å². The maximum Gasteiger partial charge on any atom is 0.228 e. The van der Waals surface area contributed by atoms with E-state index in [0.717, 1.165) is 57.4 Å². The second-order valence-electron chi connectivity index (χ2n) is 7.43. The van der Waals surface area contributed by atoms with Crippen molar-refractivity contribution in [1.82, 2.24) is 20.1 Å². The number of nitrogens with one attached hydrogen (secondary N) is 1. The Labute approximate surface area is 156 Å². The number of pyridine rings is 1. The van der Waals surface area contributed by atoms with E-state index in [4.69, 9.17) is 0 Å². The fraction of sp³-hybridized carbons (Fsp3) is 0.650. The molecule has 0 saturated carbocycles. The van der Waals surface area contributed by atoms with Gasteiger partial charge in [0.25, 0.3) is 0 Å². The third-order valence-electron chi connectivity index (χ3n) is 5.54. The van der Waals surface area contributed by atoms with Crippen LogP contribution >= 0.6 is 0 Å². The zero-order chi connectivity index (χ0) is 18.4. The number of piperidine rings is 1. The highest BCUT2D eigenvalue weighted by Gasteiger charge is 2.33. The van der Waals surface area contributed by atoms with Crippen LogP contribution < -0.4 is 5.32 Å². The van der Waals surface area contributed by atoms with E-state index in [1.807, 2.05) is 28.0 Å². The SMILES string of the molecule is CC(=O)N1CCCC(C(=O)N(Cc2ccccn2)C2CCCNCC2)C1. The summed E-state index contributed by atoms with van der Waals surface area (Å²) < 4.78 is 0. The van der Waals surface area contributed by atoms with Gasteiger partial charge in [0.05, 0.1) is 18.2 Å². The number of aromatic nitrogens is 1. The number of nitrogens with zero attached hydrogens (tertiary/aromatic N) is 3. The van der Waals surface area contributed by atoms with Crippen molar-refractivity contribution in [2.45, 2.75) is 51.6 Å². The van der Waals surface area contributed by atoms with Crippen LogP contribution in [0.2, 0.25) is 0 Å². The van der Waals surface area contributed by atoms with E-state index in [1.54, 1.807) is 13.1 Å². The number of carbonyl (C=O) groups excluding carboxylic acids is 2. The van der Waals surface area contributed by atoms with Crippen LogP contribution in [0.15, 0.2) is 24.4 Å². The van der Waals surface area contributed by atoms with Crippen molar-refractivity contribution >= 4 is 11.8 Å². The predicted molar refractivity (Wildman–Crippen MR) is 100 cm³/mol. The first-order valence-corrected chi connectivity index (χ1v) is 9.82. The first-order chi connectivity index (χ1) is 12.6. The Morgan fingerprint density at radius 1 is 1.23 bits per heavy atom. The molecule has 1 N–H and O–H groups in total. The molecule has 142 valence electrons. The van der Waals surface area contributed by atoms with Gasteiger partial charge in [-0.15, -0.1) is 0 Å². The van der Waals surface area contributed by atoms with Crippen molar-refractivity contribution in [3.63, 3.8) is 0 Å². The average molecular weight is 358 g/mol. The predicted octanol–water partition coefficient (Wildman–Crippen LogP) is 1.81. The molecule has 2 fully saturated rings. The smallest absolute Gasteiger partial charge is 0.228 e. The van der Waals surface area contributed by atoms with Crippen molar-refractivity contribution in [3.8, 4) is 0 Å². The van der Waals surface area contributed by atoms with Crippen LogP contribution in [0.25, 0.3) is 0 Å².